The summed E-state index contributed by atoms with van der Waals surface area (Å²) in [5.74, 6) is 1.01. The summed E-state index contributed by atoms with van der Waals surface area (Å²) in [6.45, 7) is 2.16. The van der Waals surface area contributed by atoms with Gasteiger partial charge in [-0.3, -0.25) is 4.79 Å². The molecule has 0 spiro atoms. The van der Waals surface area contributed by atoms with Crippen LogP contribution < -0.4 is 0 Å². The van der Waals surface area contributed by atoms with Crippen molar-refractivity contribution in [3.63, 3.8) is 0 Å². The van der Waals surface area contributed by atoms with E-state index in [1.807, 2.05) is 19.0 Å². The second-order valence-electron chi connectivity index (χ2n) is 2.54. The molecule has 0 N–H and O–H groups in total. The van der Waals surface area contributed by atoms with Crippen LogP contribution in [0.15, 0.2) is 11.9 Å². The first-order valence-corrected chi connectivity index (χ1v) is 3.33. The van der Waals surface area contributed by atoms with Gasteiger partial charge < -0.3 is 9.80 Å². The summed E-state index contributed by atoms with van der Waals surface area (Å²) >= 11 is 0. The standard InChI is InChI=1S/C7H12N2O/c1-8(2)7(3-6-10)9-4-5-9/h3,6H,4-5H2,1-2H3. The highest BCUT2D eigenvalue weighted by Gasteiger charge is 2.21. The number of hydrogen-bond acceptors (Lipinski definition) is 3. The smallest absolute Gasteiger partial charge is 0.146 e. The lowest BCUT2D eigenvalue weighted by Gasteiger charge is -2.16. The van der Waals surface area contributed by atoms with Crippen LogP contribution in [0.5, 0.6) is 0 Å². The Kier molecular flexibility index (Phi) is 1.94. The van der Waals surface area contributed by atoms with Crippen LogP contribution in [0.2, 0.25) is 0 Å². The Morgan fingerprint density at radius 3 is 2.40 bits per heavy atom. The molecule has 1 aliphatic rings. The summed E-state index contributed by atoms with van der Waals surface area (Å²) < 4.78 is 0. The number of aldehydes is 1. The molecule has 0 bridgehead atoms. The lowest BCUT2D eigenvalue weighted by molar-refractivity contribution is -0.104. The van der Waals surface area contributed by atoms with Gasteiger partial charge in [-0.25, -0.2) is 0 Å². The Labute approximate surface area is 60.9 Å². The van der Waals surface area contributed by atoms with Gasteiger partial charge in [-0.15, -0.1) is 0 Å². The quantitative estimate of drug-likeness (QED) is 0.311. The van der Waals surface area contributed by atoms with E-state index < -0.39 is 0 Å². The predicted octanol–water partition coefficient (Wildman–Crippen LogP) is -0.0961. The van der Waals surface area contributed by atoms with Crippen molar-refractivity contribution in [3.05, 3.63) is 11.9 Å². The molecule has 3 heteroatoms. The minimum absolute atomic E-state index is 0.827. The second-order valence-corrected chi connectivity index (χ2v) is 2.54. The lowest BCUT2D eigenvalue weighted by atomic mass is 10.5. The van der Waals surface area contributed by atoms with Gasteiger partial charge in [-0.05, 0) is 0 Å². The molecule has 1 rings (SSSR count). The van der Waals surface area contributed by atoms with E-state index in [-0.39, 0.29) is 0 Å². The zero-order chi connectivity index (χ0) is 7.56. The van der Waals surface area contributed by atoms with Crippen molar-refractivity contribution >= 4 is 6.29 Å². The van der Waals surface area contributed by atoms with Crippen LogP contribution in [-0.2, 0) is 4.79 Å². The van der Waals surface area contributed by atoms with Crippen LogP contribution in [0.4, 0.5) is 0 Å². The van der Waals surface area contributed by atoms with Gasteiger partial charge in [0.2, 0.25) is 0 Å². The Morgan fingerprint density at radius 2 is 2.10 bits per heavy atom. The summed E-state index contributed by atoms with van der Waals surface area (Å²) in [5, 5.41) is 0. The minimum Gasteiger partial charge on any atom is -0.364 e. The maximum absolute atomic E-state index is 10.1. The van der Waals surface area contributed by atoms with Gasteiger partial charge in [0.15, 0.2) is 0 Å². The van der Waals surface area contributed by atoms with Crippen molar-refractivity contribution in [2.75, 3.05) is 27.2 Å². The van der Waals surface area contributed by atoms with E-state index in [1.165, 1.54) is 0 Å². The van der Waals surface area contributed by atoms with Crippen molar-refractivity contribution in [3.8, 4) is 0 Å². The highest BCUT2D eigenvalue weighted by Crippen LogP contribution is 2.14. The second kappa shape index (κ2) is 2.73. The molecular formula is C7H12N2O. The van der Waals surface area contributed by atoms with E-state index in [1.54, 1.807) is 6.08 Å². The van der Waals surface area contributed by atoms with Crippen LogP contribution in [-0.4, -0.2) is 43.3 Å². The van der Waals surface area contributed by atoms with Gasteiger partial charge in [-0.2, -0.15) is 0 Å². The monoisotopic (exact) mass is 140 g/mol. The van der Waals surface area contributed by atoms with Crippen LogP contribution in [0, 0.1) is 0 Å². The summed E-state index contributed by atoms with van der Waals surface area (Å²) in [4.78, 5) is 14.2. The molecule has 0 unspecified atom stereocenters. The number of hydrogen-bond donors (Lipinski definition) is 0. The molecule has 3 nitrogen and oxygen atoms in total. The topological polar surface area (TPSA) is 23.3 Å². The molecule has 0 aromatic heterocycles. The molecule has 0 atom stereocenters. The molecular weight excluding hydrogens is 128 g/mol. The van der Waals surface area contributed by atoms with Gasteiger partial charge in [0, 0.05) is 33.3 Å². The third-order valence-corrected chi connectivity index (χ3v) is 1.45. The largest absolute Gasteiger partial charge is 0.364 e. The highest BCUT2D eigenvalue weighted by molar-refractivity contribution is 5.65. The molecule has 0 radical (unpaired) electrons. The van der Waals surface area contributed by atoms with Crippen molar-refractivity contribution < 1.29 is 4.79 Å². The summed E-state index contributed by atoms with van der Waals surface area (Å²) in [7, 11) is 3.88. The van der Waals surface area contributed by atoms with E-state index >= 15 is 0 Å². The maximum Gasteiger partial charge on any atom is 0.146 e. The average molecular weight is 140 g/mol. The predicted molar refractivity (Wildman–Crippen MR) is 39.4 cm³/mol. The highest BCUT2D eigenvalue weighted by atomic mass is 16.1. The first-order valence-electron chi connectivity index (χ1n) is 3.33. The number of nitrogens with zero attached hydrogens (tertiary/aromatic N) is 2. The van der Waals surface area contributed by atoms with Crippen LogP contribution in [0.3, 0.4) is 0 Å². The molecule has 1 heterocycles. The third-order valence-electron chi connectivity index (χ3n) is 1.45. The van der Waals surface area contributed by atoms with E-state index in [0.29, 0.717) is 0 Å². The summed E-state index contributed by atoms with van der Waals surface area (Å²) in [6, 6.07) is 0. The molecule has 56 valence electrons. The molecule has 0 amide bonds. The van der Waals surface area contributed by atoms with Crippen molar-refractivity contribution in [2.45, 2.75) is 0 Å². The molecule has 0 aromatic rings. The first-order chi connectivity index (χ1) is 4.75. The third kappa shape index (κ3) is 1.50. The molecule has 0 aliphatic carbocycles. The molecule has 10 heavy (non-hydrogen) atoms. The SMILES string of the molecule is CN(C)C(=CC=O)N1CC1. The number of rotatable bonds is 3. The molecule has 1 aliphatic heterocycles. The minimum atomic E-state index is 0.827. The van der Waals surface area contributed by atoms with E-state index in [9.17, 15) is 4.79 Å². The van der Waals surface area contributed by atoms with E-state index in [2.05, 4.69) is 4.90 Å². The average Bonchev–Trinajstić information content (AvgIpc) is 2.63. The lowest BCUT2D eigenvalue weighted by Crippen LogP contribution is -2.17. The Hall–Kier alpha value is -0.990. The zero-order valence-electron chi connectivity index (χ0n) is 6.37. The summed E-state index contributed by atoms with van der Waals surface area (Å²) in [5.41, 5.74) is 0. The van der Waals surface area contributed by atoms with Crippen LogP contribution >= 0.6 is 0 Å². The fraction of sp³-hybridized carbons (Fsp3) is 0.571. The molecule has 1 saturated heterocycles. The van der Waals surface area contributed by atoms with Crippen LogP contribution in [0.25, 0.3) is 0 Å². The number of carbonyl (C=O) groups excluding carboxylic acids is 1. The zero-order valence-corrected chi connectivity index (χ0v) is 6.37. The Balaban J connectivity index is 2.57. The fourth-order valence-electron chi connectivity index (χ4n) is 0.877. The normalized spacial score (nSPS) is 17.0. The van der Waals surface area contributed by atoms with Crippen molar-refractivity contribution in [1.29, 1.82) is 0 Å². The number of allylic oxidation sites excluding steroid dienone is 1. The molecule has 0 saturated carbocycles. The van der Waals surface area contributed by atoms with E-state index in [4.69, 9.17) is 0 Å². The maximum atomic E-state index is 10.1. The first kappa shape index (κ1) is 7.12. The number of carbonyl (C=O) groups is 1. The van der Waals surface area contributed by atoms with E-state index in [0.717, 1.165) is 25.2 Å². The van der Waals surface area contributed by atoms with Crippen molar-refractivity contribution in [1.82, 2.24) is 9.80 Å². The van der Waals surface area contributed by atoms with Gasteiger partial charge in [0.1, 0.15) is 12.1 Å². The Morgan fingerprint density at radius 1 is 1.50 bits per heavy atom. The van der Waals surface area contributed by atoms with Gasteiger partial charge in [0.25, 0.3) is 0 Å². The van der Waals surface area contributed by atoms with Gasteiger partial charge in [-0.1, -0.05) is 0 Å². The summed E-state index contributed by atoms with van der Waals surface area (Å²) in [6.07, 6.45) is 2.42. The van der Waals surface area contributed by atoms with Gasteiger partial charge >= 0.3 is 0 Å². The van der Waals surface area contributed by atoms with Crippen LogP contribution in [0.1, 0.15) is 0 Å². The fourth-order valence-corrected chi connectivity index (χ4v) is 0.877. The van der Waals surface area contributed by atoms with Crippen molar-refractivity contribution in [2.24, 2.45) is 0 Å². The molecule has 0 aromatic carbocycles. The Bertz CT molecular complexity index is 155. The molecule has 1 fully saturated rings. The van der Waals surface area contributed by atoms with Gasteiger partial charge in [0.05, 0.1) is 0 Å².